The van der Waals surface area contributed by atoms with Crippen LogP contribution in [0.3, 0.4) is 0 Å². The van der Waals surface area contributed by atoms with Gasteiger partial charge in [0, 0.05) is 0 Å². The molecule has 0 amide bonds. The van der Waals surface area contributed by atoms with Crippen molar-refractivity contribution in [1.82, 2.24) is 0 Å². The molecule has 6 N–H and O–H groups in total. The second kappa shape index (κ2) is 16.0. The minimum absolute atomic E-state index is 0.181. The van der Waals surface area contributed by atoms with Crippen LogP contribution in [0.5, 0.6) is 0 Å². The number of carboxylic acid groups (broad SMARTS) is 2. The molecule has 21 heavy (non-hydrogen) atoms. The summed E-state index contributed by atoms with van der Waals surface area (Å²) in [6.45, 7) is -1.62. The molecule has 0 saturated carbocycles. The first-order chi connectivity index (χ1) is 9.78. The Hall–Kier alpha value is -2.10. The number of rotatable bonds is 6. The number of aliphatic carboxylic acids is 2. The lowest BCUT2D eigenvalue weighted by molar-refractivity contribution is -0.136. The van der Waals surface area contributed by atoms with E-state index in [0.29, 0.717) is 0 Å². The van der Waals surface area contributed by atoms with Crippen molar-refractivity contribution in [3.8, 4) is 24.7 Å². The molecule has 0 radical (unpaired) electrons. The van der Waals surface area contributed by atoms with Gasteiger partial charge in [-0.1, -0.05) is 11.8 Å². The van der Waals surface area contributed by atoms with Gasteiger partial charge in [0.1, 0.15) is 12.8 Å². The maximum absolute atomic E-state index is 9.46. The van der Waals surface area contributed by atoms with Crippen LogP contribution >= 0.6 is 0 Å². The minimum atomic E-state index is -1.11. The number of hydrogen-bond donors (Lipinski definition) is 6. The standard InChI is InChI=1S/C5H12O4.2C4H4O2/c6-1-5(2-7,3-8)4-9;2*1-2-3-4(5)6/h6-9H,1-4H2;2*1H,3H2,(H,5,6). The van der Waals surface area contributed by atoms with E-state index in [4.69, 9.17) is 30.6 Å². The molecule has 0 aromatic rings. The quantitative estimate of drug-likeness (QED) is 0.312. The zero-order chi connectivity index (χ0) is 17.3. The van der Waals surface area contributed by atoms with Gasteiger partial charge in [-0.3, -0.25) is 9.59 Å². The number of terminal acetylenes is 2. The van der Waals surface area contributed by atoms with Gasteiger partial charge in [-0.15, -0.1) is 12.8 Å². The Morgan fingerprint density at radius 3 is 1.00 bits per heavy atom. The van der Waals surface area contributed by atoms with Crippen LogP contribution in [0.15, 0.2) is 0 Å². The fourth-order valence-electron chi connectivity index (χ4n) is 0.475. The summed E-state index contributed by atoms with van der Waals surface area (Å²) in [5.41, 5.74) is -1.11. The van der Waals surface area contributed by atoms with Gasteiger partial charge in [-0.25, -0.2) is 0 Å². The smallest absolute Gasteiger partial charge is 0.315 e. The van der Waals surface area contributed by atoms with Crippen LogP contribution < -0.4 is 0 Å². The third-order valence-electron chi connectivity index (χ3n) is 1.85. The predicted molar refractivity (Wildman–Crippen MR) is 72.9 cm³/mol. The molecule has 0 unspecified atom stereocenters. The molecule has 0 aliphatic rings. The zero-order valence-electron chi connectivity index (χ0n) is 11.4. The number of aliphatic hydroxyl groups is 4. The third kappa shape index (κ3) is 17.9. The summed E-state index contributed by atoms with van der Waals surface area (Å²) >= 11 is 0. The Kier molecular flexibility index (Phi) is 18.2. The van der Waals surface area contributed by atoms with Crippen molar-refractivity contribution < 1.29 is 40.2 Å². The van der Waals surface area contributed by atoms with Crippen molar-refractivity contribution in [2.75, 3.05) is 26.4 Å². The van der Waals surface area contributed by atoms with E-state index in [-0.39, 0.29) is 12.8 Å². The van der Waals surface area contributed by atoms with Gasteiger partial charge in [0.2, 0.25) is 0 Å². The first-order valence-electron chi connectivity index (χ1n) is 5.53. The molecule has 0 aromatic carbocycles. The Bertz CT molecular complexity index is 316. The normalized spacial score (nSPS) is 8.86. The van der Waals surface area contributed by atoms with Crippen molar-refractivity contribution in [1.29, 1.82) is 0 Å². The van der Waals surface area contributed by atoms with E-state index in [0.717, 1.165) is 0 Å². The Balaban J connectivity index is -0.000000240. The Morgan fingerprint density at radius 1 is 0.762 bits per heavy atom. The monoisotopic (exact) mass is 304 g/mol. The highest BCUT2D eigenvalue weighted by Crippen LogP contribution is 2.11. The van der Waals surface area contributed by atoms with Gasteiger partial charge < -0.3 is 30.6 Å². The molecule has 8 nitrogen and oxygen atoms in total. The lowest BCUT2D eigenvalue weighted by Gasteiger charge is -2.23. The minimum Gasteiger partial charge on any atom is -0.481 e. The topological polar surface area (TPSA) is 156 Å². The zero-order valence-corrected chi connectivity index (χ0v) is 11.4. The van der Waals surface area contributed by atoms with Gasteiger partial charge >= 0.3 is 11.9 Å². The van der Waals surface area contributed by atoms with E-state index < -0.39 is 43.8 Å². The number of carbonyl (C=O) groups is 2. The maximum atomic E-state index is 9.46. The summed E-state index contributed by atoms with van der Waals surface area (Å²) in [7, 11) is 0. The highest BCUT2D eigenvalue weighted by Gasteiger charge is 2.26. The molecule has 0 aromatic heterocycles. The average Bonchev–Trinajstić information content (AvgIpc) is 2.43. The van der Waals surface area contributed by atoms with Gasteiger partial charge in [-0.2, -0.15) is 0 Å². The summed E-state index contributed by atoms with van der Waals surface area (Å²) in [4.78, 5) is 18.9. The Labute approximate surface area is 122 Å². The van der Waals surface area contributed by atoms with Crippen LogP contribution in [-0.2, 0) is 9.59 Å². The summed E-state index contributed by atoms with van der Waals surface area (Å²) < 4.78 is 0. The van der Waals surface area contributed by atoms with E-state index in [1.807, 2.05) is 11.8 Å². The third-order valence-corrected chi connectivity index (χ3v) is 1.85. The highest BCUT2D eigenvalue weighted by atomic mass is 16.4. The van der Waals surface area contributed by atoms with Crippen molar-refractivity contribution in [2.45, 2.75) is 12.8 Å². The molecule has 0 bridgehead atoms. The lowest BCUT2D eigenvalue weighted by atomic mass is 9.93. The first kappa shape index (κ1) is 24.0. The van der Waals surface area contributed by atoms with E-state index in [1.165, 1.54) is 0 Å². The van der Waals surface area contributed by atoms with Crippen LogP contribution in [0.4, 0.5) is 0 Å². The molecule has 0 aliphatic carbocycles. The largest absolute Gasteiger partial charge is 0.481 e. The van der Waals surface area contributed by atoms with Gasteiger partial charge in [0.05, 0.1) is 31.8 Å². The Morgan fingerprint density at radius 2 is 1.00 bits per heavy atom. The number of aliphatic hydroxyl groups excluding tert-OH is 4. The summed E-state index contributed by atoms with van der Waals surface area (Å²) in [5.74, 6) is 2.04. The maximum Gasteiger partial charge on any atom is 0.315 e. The predicted octanol–water partition coefficient (Wildman–Crippen LogP) is -1.87. The van der Waals surface area contributed by atoms with Crippen LogP contribution in [-0.4, -0.2) is 69.0 Å². The summed E-state index contributed by atoms with van der Waals surface area (Å²) in [6, 6.07) is 0. The molecule has 8 heteroatoms. The van der Waals surface area contributed by atoms with Crippen LogP contribution in [0.1, 0.15) is 12.8 Å². The SMILES string of the molecule is C#CCC(=O)O.C#CCC(=O)O.OCC(CO)(CO)CO. The highest BCUT2D eigenvalue weighted by molar-refractivity contribution is 5.69. The molecule has 0 spiro atoms. The van der Waals surface area contributed by atoms with Gasteiger partial charge in [-0.05, 0) is 0 Å². The molecular formula is C13H20O8. The van der Waals surface area contributed by atoms with E-state index >= 15 is 0 Å². The van der Waals surface area contributed by atoms with Crippen LogP contribution in [0, 0.1) is 30.1 Å². The average molecular weight is 304 g/mol. The molecule has 0 saturated heterocycles. The van der Waals surface area contributed by atoms with Crippen molar-refractivity contribution >= 4 is 11.9 Å². The molecule has 120 valence electrons. The van der Waals surface area contributed by atoms with Crippen molar-refractivity contribution in [3.05, 3.63) is 0 Å². The van der Waals surface area contributed by atoms with Gasteiger partial charge in [0.15, 0.2) is 0 Å². The first-order valence-corrected chi connectivity index (χ1v) is 5.53. The number of carboxylic acids is 2. The van der Waals surface area contributed by atoms with Crippen molar-refractivity contribution in [2.24, 2.45) is 5.41 Å². The van der Waals surface area contributed by atoms with E-state index in [9.17, 15) is 9.59 Å². The second-order valence-corrected chi connectivity index (χ2v) is 3.68. The van der Waals surface area contributed by atoms with Gasteiger partial charge in [0.25, 0.3) is 0 Å². The fourth-order valence-corrected chi connectivity index (χ4v) is 0.475. The molecule has 0 rings (SSSR count). The molecule has 0 atom stereocenters. The van der Waals surface area contributed by atoms with Crippen LogP contribution in [0.2, 0.25) is 0 Å². The number of hydrogen-bond acceptors (Lipinski definition) is 6. The lowest BCUT2D eigenvalue weighted by Crippen LogP contribution is -2.37. The van der Waals surface area contributed by atoms with Crippen LogP contribution in [0.25, 0.3) is 0 Å². The molecule has 0 heterocycles. The fraction of sp³-hybridized carbons (Fsp3) is 0.538. The van der Waals surface area contributed by atoms with Crippen molar-refractivity contribution in [3.63, 3.8) is 0 Å². The summed E-state index contributed by atoms with van der Waals surface area (Å²) in [5, 5.41) is 49.5. The second-order valence-electron chi connectivity index (χ2n) is 3.68. The van der Waals surface area contributed by atoms with E-state index in [1.54, 1.807) is 0 Å². The summed E-state index contributed by atoms with van der Waals surface area (Å²) in [6.07, 6.45) is 8.84. The molecule has 0 fully saturated rings. The molecule has 0 aliphatic heterocycles. The molecular weight excluding hydrogens is 284 g/mol. The van der Waals surface area contributed by atoms with E-state index in [2.05, 4.69) is 12.8 Å².